The number of H-pyrrole nitrogens is 1. The minimum absolute atomic E-state index is 0.349. The van der Waals surface area contributed by atoms with Gasteiger partial charge in [-0.1, -0.05) is 35.0 Å². The van der Waals surface area contributed by atoms with Crippen LogP contribution in [0.5, 0.6) is 0 Å². The van der Waals surface area contributed by atoms with Crippen LogP contribution in [-0.4, -0.2) is 48.3 Å². The van der Waals surface area contributed by atoms with Crippen molar-refractivity contribution in [3.8, 4) is 11.3 Å². The second-order valence-corrected chi connectivity index (χ2v) is 7.44. The molecule has 4 rings (SSSR count). The van der Waals surface area contributed by atoms with Crippen molar-refractivity contribution < 1.29 is 5.11 Å². The number of aliphatic hydroxyl groups excluding tert-OH is 1. The molecule has 7 nitrogen and oxygen atoms in total. The van der Waals surface area contributed by atoms with Crippen LogP contribution in [-0.2, 0) is 6.54 Å². The first-order valence-corrected chi connectivity index (χ1v) is 9.51. The van der Waals surface area contributed by atoms with Crippen molar-refractivity contribution in [2.45, 2.75) is 45.4 Å². The number of nitrogens with one attached hydrogen (secondary N) is 1. The fourth-order valence-corrected chi connectivity index (χ4v) is 3.64. The molecular formula is C20H26N6O. The number of aryl methyl sites for hydroxylation is 1. The highest BCUT2D eigenvalue weighted by Gasteiger charge is 2.23. The van der Waals surface area contributed by atoms with E-state index in [-0.39, 0.29) is 0 Å². The zero-order valence-electron chi connectivity index (χ0n) is 15.8. The van der Waals surface area contributed by atoms with Gasteiger partial charge in [0.2, 0.25) is 0 Å². The van der Waals surface area contributed by atoms with Crippen molar-refractivity contribution in [3.63, 3.8) is 0 Å². The monoisotopic (exact) mass is 366 g/mol. The lowest BCUT2D eigenvalue weighted by atomic mass is 10.0. The topological polar surface area (TPSA) is 82.9 Å². The summed E-state index contributed by atoms with van der Waals surface area (Å²) in [6, 6.07) is 8.89. The molecule has 0 amide bonds. The lowest BCUT2D eigenvalue weighted by molar-refractivity contribution is 0.172. The Labute approximate surface area is 159 Å². The number of aliphatic hydroxyl groups is 1. The van der Waals surface area contributed by atoms with Crippen LogP contribution in [0.2, 0.25) is 0 Å². The number of rotatable bonds is 5. The summed E-state index contributed by atoms with van der Waals surface area (Å²) in [5.41, 5.74) is 5.41. The third kappa shape index (κ3) is 3.94. The molecule has 1 atom stereocenters. The first kappa shape index (κ1) is 17.9. The van der Waals surface area contributed by atoms with E-state index in [0.29, 0.717) is 11.7 Å². The summed E-state index contributed by atoms with van der Waals surface area (Å²) in [5, 5.41) is 25.3. The van der Waals surface area contributed by atoms with Gasteiger partial charge in [0, 0.05) is 25.2 Å². The molecule has 0 bridgehead atoms. The molecule has 1 aliphatic rings. The van der Waals surface area contributed by atoms with Crippen molar-refractivity contribution >= 4 is 0 Å². The van der Waals surface area contributed by atoms with Gasteiger partial charge in [0.25, 0.3) is 0 Å². The molecule has 1 fully saturated rings. The number of aromatic nitrogens is 5. The molecule has 2 aromatic heterocycles. The molecule has 3 aromatic rings. The summed E-state index contributed by atoms with van der Waals surface area (Å²) in [7, 11) is 0. The van der Waals surface area contributed by atoms with Gasteiger partial charge in [0.1, 0.15) is 5.69 Å². The van der Waals surface area contributed by atoms with E-state index in [1.165, 1.54) is 16.7 Å². The zero-order chi connectivity index (χ0) is 18.8. The summed E-state index contributed by atoms with van der Waals surface area (Å²) >= 11 is 0. The van der Waals surface area contributed by atoms with Crippen LogP contribution < -0.4 is 0 Å². The van der Waals surface area contributed by atoms with Crippen LogP contribution >= 0.6 is 0 Å². The summed E-state index contributed by atoms with van der Waals surface area (Å²) < 4.78 is 1.91. The maximum Gasteiger partial charge on any atom is 0.111 e. The molecule has 1 saturated heterocycles. The van der Waals surface area contributed by atoms with E-state index in [0.717, 1.165) is 38.2 Å². The van der Waals surface area contributed by atoms with Gasteiger partial charge in [-0.25, -0.2) is 4.68 Å². The lowest BCUT2D eigenvalue weighted by Gasteiger charge is -2.31. The molecular weight excluding hydrogens is 340 g/mol. The summed E-state index contributed by atoms with van der Waals surface area (Å²) in [6.45, 7) is 6.72. The van der Waals surface area contributed by atoms with E-state index in [1.54, 1.807) is 6.92 Å². The average Bonchev–Trinajstić information content (AvgIpc) is 3.33. The van der Waals surface area contributed by atoms with Crippen molar-refractivity contribution in [3.05, 3.63) is 53.5 Å². The Kier molecular flexibility index (Phi) is 5.05. The van der Waals surface area contributed by atoms with Crippen LogP contribution in [0.25, 0.3) is 11.3 Å². The van der Waals surface area contributed by atoms with Crippen LogP contribution in [0, 0.1) is 6.92 Å². The molecule has 0 saturated carbocycles. The fraction of sp³-hybridized carbons (Fsp3) is 0.450. The van der Waals surface area contributed by atoms with E-state index < -0.39 is 6.10 Å². The molecule has 7 heteroatoms. The summed E-state index contributed by atoms with van der Waals surface area (Å²) in [5.74, 6) is 0. The predicted octanol–water partition coefficient (Wildman–Crippen LogP) is 2.87. The predicted molar refractivity (Wildman–Crippen MR) is 103 cm³/mol. The SMILES string of the molecule is Cc1ccc(-c2[nH]ncc2CN2CCC(n3cc(C(C)O)nn3)CC2)cc1. The summed E-state index contributed by atoms with van der Waals surface area (Å²) in [6.07, 6.45) is 5.30. The van der Waals surface area contributed by atoms with E-state index in [4.69, 9.17) is 0 Å². The highest BCUT2D eigenvalue weighted by molar-refractivity contribution is 5.62. The van der Waals surface area contributed by atoms with E-state index >= 15 is 0 Å². The number of likely N-dealkylation sites (tertiary alicyclic amines) is 1. The average molecular weight is 366 g/mol. The molecule has 1 aliphatic heterocycles. The van der Waals surface area contributed by atoms with Crippen molar-refractivity contribution in [1.82, 2.24) is 30.1 Å². The second-order valence-electron chi connectivity index (χ2n) is 7.44. The summed E-state index contributed by atoms with van der Waals surface area (Å²) in [4.78, 5) is 2.46. The van der Waals surface area contributed by atoms with Gasteiger partial charge in [0.05, 0.1) is 30.2 Å². The van der Waals surface area contributed by atoms with E-state index in [2.05, 4.69) is 56.6 Å². The third-order valence-corrected chi connectivity index (χ3v) is 5.34. The molecule has 1 unspecified atom stereocenters. The second kappa shape index (κ2) is 7.62. The largest absolute Gasteiger partial charge is 0.387 e. The Morgan fingerprint density at radius 1 is 1.22 bits per heavy atom. The fourth-order valence-electron chi connectivity index (χ4n) is 3.64. The Morgan fingerprint density at radius 2 is 1.96 bits per heavy atom. The molecule has 0 spiro atoms. The first-order valence-electron chi connectivity index (χ1n) is 9.51. The Bertz CT molecular complexity index is 874. The van der Waals surface area contributed by atoms with Gasteiger partial charge in [-0.15, -0.1) is 5.10 Å². The maximum atomic E-state index is 9.62. The van der Waals surface area contributed by atoms with Gasteiger partial charge >= 0.3 is 0 Å². The molecule has 142 valence electrons. The van der Waals surface area contributed by atoms with Gasteiger partial charge in [-0.2, -0.15) is 5.10 Å². The Balaban J connectivity index is 1.38. The third-order valence-electron chi connectivity index (χ3n) is 5.34. The van der Waals surface area contributed by atoms with E-state index in [1.807, 2.05) is 17.1 Å². The molecule has 1 aromatic carbocycles. The van der Waals surface area contributed by atoms with Crippen LogP contribution in [0.4, 0.5) is 0 Å². The van der Waals surface area contributed by atoms with Gasteiger partial charge in [-0.3, -0.25) is 10.00 Å². The smallest absolute Gasteiger partial charge is 0.111 e. The lowest BCUT2D eigenvalue weighted by Crippen LogP contribution is -2.34. The van der Waals surface area contributed by atoms with Crippen LogP contribution in [0.15, 0.2) is 36.7 Å². The highest BCUT2D eigenvalue weighted by Crippen LogP contribution is 2.27. The van der Waals surface area contributed by atoms with Crippen molar-refractivity contribution in [2.24, 2.45) is 0 Å². The quantitative estimate of drug-likeness (QED) is 0.725. The van der Waals surface area contributed by atoms with Gasteiger partial charge < -0.3 is 5.11 Å². The standard InChI is InChI=1S/C20H26N6O/c1-14-3-5-16(6-4-14)20-17(11-21-23-20)12-25-9-7-18(8-10-25)26-13-19(15(2)27)22-24-26/h3-6,11,13,15,18,27H,7-10,12H2,1-2H3,(H,21,23). The maximum absolute atomic E-state index is 9.62. The molecule has 0 aliphatic carbocycles. The van der Waals surface area contributed by atoms with Crippen LogP contribution in [0.1, 0.15) is 48.7 Å². The minimum Gasteiger partial charge on any atom is -0.387 e. The molecule has 27 heavy (non-hydrogen) atoms. The number of hydrogen-bond donors (Lipinski definition) is 2. The van der Waals surface area contributed by atoms with Crippen molar-refractivity contribution in [2.75, 3.05) is 13.1 Å². The van der Waals surface area contributed by atoms with Gasteiger partial charge in [0.15, 0.2) is 0 Å². The number of aromatic amines is 1. The van der Waals surface area contributed by atoms with Crippen LogP contribution in [0.3, 0.4) is 0 Å². The Hall–Kier alpha value is -2.51. The minimum atomic E-state index is -0.569. The first-order chi connectivity index (χ1) is 13.1. The highest BCUT2D eigenvalue weighted by atomic mass is 16.3. The number of benzene rings is 1. The molecule has 3 heterocycles. The Morgan fingerprint density at radius 3 is 2.63 bits per heavy atom. The normalized spacial score (nSPS) is 17.3. The molecule has 0 radical (unpaired) electrons. The van der Waals surface area contributed by atoms with Crippen molar-refractivity contribution in [1.29, 1.82) is 0 Å². The number of piperidine rings is 1. The van der Waals surface area contributed by atoms with E-state index in [9.17, 15) is 5.11 Å². The molecule has 2 N–H and O–H groups in total. The van der Waals surface area contributed by atoms with Gasteiger partial charge in [-0.05, 0) is 32.3 Å². The number of hydrogen-bond acceptors (Lipinski definition) is 5. The number of nitrogens with zero attached hydrogens (tertiary/aromatic N) is 5. The zero-order valence-corrected chi connectivity index (χ0v) is 15.8.